The fraction of sp³-hybridized carbons (Fsp3) is 0.479. The Bertz CT molecular complexity index is 2400. The molecule has 4 heterocycles. The number of carbonyl (C=O) groups excluding carboxylic acids is 6. The van der Waals surface area contributed by atoms with E-state index in [1.165, 1.54) is 65.2 Å². The molecular weight excluding hydrogens is 917 g/mol. The van der Waals surface area contributed by atoms with E-state index in [1.807, 2.05) is 0 Å². The number of hydrogen-bond donors (Lipinski definition) is 8. The third-order valence-electron chi connectivity index (χ3n) is 12.8. The van der Waals surface area contributed by atoms with Gasteiger partial charge in [0, 0.05) is 46.8 Å². The molecule has 0 spiro atoms. The first-order valence-corrected chi connectivity index (χ1v) is 22.6. The smallest absolute Gasteiger partial charge is 0.303 e. The number of carboxylic acids is 1. The molecule has 378 valence electrons. The van der Waals surface area contributed by atoms with Crippen LogP contribution in [0.25, 0.3) is 0 Å². The van der Waals surface area contributed by atoms with E-state index in [4.69, 9.17) is 18.9 Å². The minimum atomic E-state index is -1.76. The number of carbonyl (C=O) groups is 7. The number of likely N-dealkylation sites (N-methyl/N-ethyl adjacent to an activating group) is 3. The van der Waals surface area contributed by atoms with Crippen molar-refractivity contribution in [3.05, 3.63) is 83.4 Å². The predicted octanol–water partition coefficient (Wildman–Crippen LogP) is -1.14. The first kappa shape index (κ1) is 52.5. The Hall–Kier alpha value is -6.85. The van der Waals surface area contributed by atoms with Gasteiger partial charge in [0.15, 0.2) is 11.5 Å². The third kappa shape index (κ3) is 12.1. The predicted molar refractivity (Wildman–Crippen MR) is 245 cm³/mol. The summed E-state index contributed by atoms with van der Waals surface area (Å²) in [5.74, 6) is -5.18. The molecule has 0 aromatic heterocycles. The minimum absolute atomic E-state index is 0.0223. The van der Waals surface area contributed by atoms with Gasteiger partial charge in [0.25, 0.3) is 0 Å². The molecule has 4 aliphatic heterocycles. The van der Waals surface area contributed by atoms with E-state index in [0.29, 0.717) is 22.4 Å². The molecule has 8 N–H and O–H groups in total. The fourth-order valence-corrected chi connectivity index (χ4v) is 8.41. The summed E-state index contributed by atoms with van der Waals surface area (Å²) >= 11 is 0. The molecule has 0 aliphatic carbocycles. The van der Waals surface area contributed by atoms with Crippen LogP contribution in [0, 0.1) is 0 Å². The van der Waals surface area contributed by atoms with Crippen LogP contribution in [-0.2, 0) is 57.6 Å². The average Bonchev–Trinajstić information content (AvgIpc) is 3.34. The number of carboxylic acid groups (broad SMARTS) is 1. The van der Waals surface area contributed by atoms with Gasteiger partial charge >= 0.3 is 5.97 Å². The van der Waals surface area contributed by atoms with Crippen molar-refractivity contribution in [3.63, 3.8) is 0 Å². The number of methoxy groups -OCH3 is 1. The molecule has 70 heavy (non-hydrogen) atoms. The minimum Gasteiger partial charge on any atom is -0.497 e. The molecule has 6 bridgehead atoms. The van der Waals surface area contributed by atoms with Crippen molar-refractivity contribution >= 4 is 41.4 Å². The molecule has 0 saturated carbocycles. The summed E-state index contributed by atoms with van der Waals surface area (Å²) in [7, 11) is 5.55. The van der Waals surface area contributed by atoms with Crippen molar-refractivity contribution in [1.29, 1.82) is 0 Å². The number of aliphatic hydroxyl groups excluding tert-OH is 4. The van der Waals surface area contributed by atoms with Crippen LogP contribution >= 0.6 is 0 Å². The Morgan fingerprint density at radius 3 is 1.99 bits per heavy atom. The van der Waals surface area contributed by atoms with Crippen molar-refractivity contribution in [2.75, 3.05) is 34.9 Å². The van der Waals surface area contributed by atoms with Gasteiger partial charge in [-0.05, 0) is 73.4 Å². The highest BCUT2D eigenvalue weighted by Crippen LogP contribution is 2.36. The SMILES string of the molecule is COc1ccc(C[C@H]2C(=O)N[C@H](C)C(=O)N(C)[C@@H]3Cc4ccc(cc4)Oc4cc(ccc4O[C@H]4O[C@@H](CO)[C@H](O)[C@@H](O)[C@@H]4O)C[C@@H](C(=O)N[C@H](C)C(=O)N[C@H](CCC(=O)O)C(=O)N2C)N(C)C3=O)cc1. The lowest BCUT2D eigenvalue weighted by Gasteiger charge is -2.39. The second-order valence-electron chi connectivity index (χ2n) is 17.7. The van der Waals surface area contributed by atoms with Crippen LogP contribution in [0.15, 0.2) is 66.7 Å². The Kier molecular flexibility index (Phi) is 17.0. The first-order chi connectivity index (χ1) is 33.2. The maximum absolute atomic E-state index is 14.9. The summed E-state index contributed by atoms with van der Waals surface area (Å²) in [6.07, 6.45) is -9.39. The summed E-state index contributed by atoms with van der Waals surface area (Å²) in [4.78, 5) is 102. The lowest BCUT2D eigenvalue weighted by atomic mass is 9.98. The van der Waals surface area contributed by atoms with Gasteiger partial charge in [-0.3, -0.25) is 33.6 Å². The van der Waals surface area contributed by atoms with Gasteiger partial charge in [-0.2, -0.15) is 0 Å². The Morgan fingerprint density at radius 1 is 0.714 bits per heavy atom. The van der Waals surface area contributed by atoms with Crippen LogP contribution in [0.3, 0.4) is 0 Å². The van der Waals surface area contributed by atoms with E-state index in [1.54, 1.807) is 48.5 Å². The second kappa shape index (κ2) is 22.7. The highest BCUT2D eigenvalue weighted by molar-refractivity contribution is 5.98. The summed E-state index contributed by atoms with van der Waals surface area (Å²) in [5.41, 5.74) is 1.51. The van der Waals surface area contributed by atoms with E-state index in [9.17, 15) is 59.1 Å². The maximum atomic E-state index is 14.9. The summed E-state index contributed by atoms with van der Waals surface area (Å²) in [6.45, 7) is 2.04. The van der Waals surface area contributed by atoms with Gasteiger partial charge < -0.3 is 75.1 Å². The van der Waals surface area contributed by atoms with Crippen LogP contribution in [-0.4, -0.2) is 183 Å². The van der Waals surface area contributed by atoms with E-state index in [2.05, 4.69) is 16.0 Å². The Morgan fingerprint density at radius 2 is 1.34 bits per heavy atom. The average molecular weight is 977 g/mol. The zero-order valence-electron chi connectivity index (χ0n) is 39.5. The van der Waals surface area contributed by atoms with Crippen LogP contribution < -0.4 is 30.2 Å². The normalized spacial score (nSPS) is 28.4. The maximum Gasteiger partial charge on any atom is 0.303 e. The first-order valence-electron chi connectivity index (χ1n) is 22.6. The molecule has 2 fully saturated rings. The number of fused-ring (bicyclic) bond motifs is 2. The van der Waals surface area contributed by atoms with Crippen LogP contribution in [0.5, 0.6) is 23.0 Å². The zero-order valence-corrected chi connectivity index (χ0v) is 39.5. The van der Waals surface area contributed by atoms with Crippen molar-refractivity contribution in [2.24, 2.45) is 0 Å². The van der Waals surface area contributed by atoms with Crippen molar-refractivity contribution in [1.82, 2.24) is 30.7 Å². The Labute approximate surface area is 403 Å². The van der Waals surface area contributed by atoms with Gasteiger partial charge in [0.05, 0.1) is 13.7 Å². The van der Waals surface area contributed by atoms with E-state index in [-0.39, 0.29) is 36.5 Å². The number of rotatable bonds is 9. The molecular formula is C48H60N6O16. The van der Waals surface area contributed by atoms with Gasteiger partial charge in [-0.15, -0.1) is 0 Å². The molecule has 2 saturated heterocycles. The summed E-state index contributed by atoms with van der Waals surface area (Å²) in [5, 5.41) is 58.7. The summed E-state index contributed by atoms with van der Waals surface area (Å²) < 4.78 is 23.1. The molecule has 3 aromatic carbocycles. The molecule has 7 rings (SSSR count). The van der Waals surface area contributed by atoms with Gasteiger partial charge in [0.1, 0.15) is 72.2 Å². The second-order valence-corrected chi connectivity index (χ2v) is 17.7. The van der Waals surface area contributed by atoms with Crippen LogP contribution in [0.2, 0.25) is 0 Å². The lowest BCUT2D eigenvalue weighted by Crippen LogP contribution is -2.62. The number of aliphatic hydroxyl groups is 4. The van der Waals surface area contributed by atoms with Gasteiger partial charge in [0.2, 0.25) is 41.7 Å². The van der Waals surface area contributed by atoms with Crippen molar-refractivity contribution < 1.29 is 78.0 Å². The Balaban J connectivity index is 1.41. The lowest BCUT2D eigenvalue weighted by molar-refractivity contribution is -0.277. The highest BCUT2D eigenvalue weighted by atomic mass is 16.7. The number of amides is 6. The van der Waals surface area contributed by atoms with E-state index >= 15 is 0 Å². The molecule has 22 nitrogen and oxygen atoms in total. The highest BCUT2D eigenvalue weighted by Gasteiger charge is 2.45. The van der Waals surface area contributed by atoms with Crippen molar-refractivity contribution in [3.8, 4) is 23.0 Å². The molecule has 4 aliphatic rings. The fourth-order valence-electron chi connectivity index (χ4n) is 8.41. The number of aliphatic carboxylic acids is 1. The van der Waals surface area contributed by atoms with Gasteiger partial charge in [-0.25, -0.2) is 0 Å². The van der Waals surface area contributed by atoms with E-state index < -0.39 is 128 Å². The molecule has 0 radical (unpaired) electrons. The number of nitrogens with one attached hydrogen (secondary N) is 3. The molecule has 3 aromatic rings. The molecule has 11 atom stereocenters. The monoisotopic (exact) mass is 976 g/mol. The topological polar surface area (TPSA) is 303 Å². The molecule has 0 unspecified atom stereocenters. The molecule has 22 heteroatoms. The number of ether oxygens (including phenoxy) is 4. The van der Waals surface area contributed by atoms with Crippen LogP contribution in [0.4, 0.5) is 0 Å². The van der Waals surface area contributed by atoms with Crippen LogP contribution in [0.1, 0.15) is 43.4 Å². The summed E-state index contributed by atoms with van der Waals surface area (Å²) in [6, 6.07) is 9.43. The standard InChI is InChI=1S/C48H60N6O16/c1-24-42(61)51-31(16-18-38(56)57)46(65)52(3)32(19-26-7-12-29(67-6)13-8-26)44(63)50-25(2)45(64)54(5)34-20-27-9-14-30(15-10-27)68-36-22-28(21-33(43(62)49-24)53(4)47(34)66)11-17-35(36)69-48-41(60)40(59)39(58)37(23-55)70-48/h7-15,17,22,24-25,31-34,37,39-41,48,55,58-60H,16,18-21,23H2,1-6H3,(H,49,62)(H,50,63)(H,51,61)(H,56,57)/t24-,25-,31-,32+,33+,34-,37+,39+,40-,41+,48+/m1/s1. The van der Waals surface area contributed by atoms with Crippen molar-refractivity contribution in [2.45, 2.75) is 113 Å². The number of nitrogens with zero attached hydrogens (tertiary/aromatic N) is 3. The number of hydrogen-bond acceptors (Lipinski definition) is 15. The van der Waals surface area contributed by atoms with E-state index in [0.717, 1.165) is 9.80 Å². The van der Waals surface area contributed by atoms with Gasteiger partial charge in [-0.1, -0.05) is 30.3 Å². The zero-order chi connectivity index (χ0) is 51.1. The number of benzene rings is 3. The molecule has 6 amide bonds. The third-order valence-corrected chi connectivity index (χ3v) is 12.8. The quantitative estimate of drug-likeness (QED) is 0.126. The largest absolute Gasteiger partial charge is 0.497 e.